The fourth-order valence-electron chi connectivity index (χ4n) is 1.50. The van der Waals surface area contributed by atoms with Crippen LogP contribution in [0.25, 0.3) is 0 Å². The van der Waals surface area contributed by atoms with Gasteiger partial charge in [0, 0.05) is 22.4 Å². The number of nitrogens with one attached hydrogen (secondary N) is 2. The molecule has 0 saturated heterocycles. The van der Waals surface area contributed by atoms with Crippen LogP contribution in [-0.2, 0) is 4.74 Å². The van der Waals surface area contributed by atoms with E-state index < -0.39 is 0 Å². The topological polar surface area (TPSA) is 50.4 Å². The number of hydrogen-bond acceptors (Lipinski definition) is 3. The van der Waals surface area contributed by atoms with Gasteiger partial charge < -0.3 is 15.4 Å². The Bertz CT molecular complexity index is 396. The zero-order valence-electron chi connectivity index (χ0n) is 11.7. The maximum atomic E-state index is 11.6. The number of thiophene rings is 1. The molecule has 0 aliphatic heterocycles. The number of ether oxygens (including phenoxy) is 1. The van der Waals surface area contributed by atoms with Crippen molar-refractivity contribution in [2.24, 2.45) is 0 Å². The second-order valence-electron chi connectivity index (χ2n) is 5.26. The molecule has 0 spiro atoms. The van der Waals surface area contributed by atoms with Crippen LogP contribution < -0.4 is 10.6 Å². The molecule has 2 N–H and O–H groups in total. The third kappa shape index (κ3) is 5.06. The van der Waals surface area contributed by atoms with Crippen LogP contribution in [0.4, 0.5) is 4.79 Å². The highest BCUT2D eigenvalue weighted by atomic mass is 32.1. The van der Waals surface area contributed by atoms with Crippen LogP contribution >= 0.6 is 11.3 Å². The zero-order chi connectivity index (χ0) is 13.8. The first-order valence-corrected chi connectivity index (χ1v) is 6.78. The number of hydrogen-bond donors (Lipinski definition) is 2. The Morgan fingerprint density at radius 2 is 2.11 bits per heavy atom. The van der Waals surface area contributed by atoms with E-state index in [1.807, 2.05) is 26.8 Å². The van der Waals surface area contributed by atoms with Crippen molar-refractivity contribution in [1.82, 2.24) is 10.6 Å². The fraction of sp³-hybridized carbons (Fsp3) is 0.615. The lowest BCUT2D eigenvalue weighted by molar-refractivity contribution is 0.106. The van der Waals surface area contributed by atoms with Crippen molar-refractivity contribution < 1.29 is 9.53 Å². The molecule has 1 rings (SSSR count). The number of methoxy groups -OCH3 is 1. The molecule has 0 radical (unpaired) electrons. The predicted molar refractivity (Wildman–Crippen MR) is 75.1 cm³/mol. The van der Waals surface area contributed by atoms with E-state index in [1.54, 1.807) is 18.4 Å². The van der Waals surface area contributed by atoms with Gasteiger partial charge in [0.1, 0.15) is 6.10 Å². The van der Waals surface area contributed by atoms with Gasteiger partial charge in [0.15, 0.2) is 0 Å². The summed E-state index contributed by atoms with van der Waals surface area (Å²) >= 11 is 1.69. The summed E-state index contributed by atoms with van der Waals surface area (Å²) in [7, 11) is 1.66. The minimum absolute atomic E-state index is 0.0885. The van der Waals surface area contributed by atoms with E-state index in [0.717, 1.165) is 4.88 Å². The molecule has 2 amide bonds. The summed E-state index contributed by atoms with van der Waals surface area (Å²) in [6.45, 7) is 8.37. The first-order valence-electron chi connectivity index (χ1n) is 5.97. The molecule has 0 aliphatic rings. The van der Waals surface area contributed by atoms with E-state index >= 15 is 0 Å². The number of carbonyl (C=O) groups is 1. The Kier molecular flexibility index (Phi) is 5.16. The Morgan fingerprint density at radius 3 is 2.56 bits per heavy atom. The molecule has 0 bridgehead atoms. The van der Waals surface area contributed by atoms with E-state index in [-0.39, 0.29) is 17.7 Å². The van der Waals surface area contributed by atoms with Gasteiger partial charge >= 0.3 is 6.03 Å². The molecule has 4 nitrogen and oxygen atoms in total. The molecular weight excluding hydrogens is 248 g/mol. The smallest absolute Gasteiger partial charge is 0.315 e. The molecule has 0 fully saturated rings. The van der Waals surface area contributed by atoms with Crippen LogP contribution in [-0.4, -0.2) is 25.2 Å². The molecule has 0 saturated carbocycles. The number of urea groups is 1. The minimum atomic E-state index is -0.230. The highest BCUT2D eigenvalue weighted by molar-refractivity contribution is 7.12. The van der Waals surface area contributed by atoms with Crippen LogP contribution in [0.3, 0.4) is 0 Å². The number of amides is 2. The molecule has 1 atom stereocenters. The van der Waals surface area contributed by atoms with Gasteiger partial charge in [0.2, 0.25) is 0 Å². The van der Waals surface area contributed by atoms with Crippen LogP contribution in [0, 0.1) is 6.92 Å². The average Bonchev–Trinajstić information content (AvgIpc) is 2.63. The van der Waals surface area contributed by atoms with Crippen molar-refractivity contribution >= 4 is 17.4 Å². The summed E-state index contributed by atoms with van der Waals surface area (Å²) in [4.78, 5) is 14.0. The van der Waals surface area contributed by atoms with Crippen molar-refractivity contribution in [2.75, 3.05) is 13.7 Å². The highest BCUT2D eigenvalue weighted by Gasteiger charge is 2.16. The predicted octanol–water partition coefficient (Wildman–Crippen LogP) is 2.84. The molecule has 1 aromatic rings. The van der Waals surface area contributed by atoms with Crippen molar-refractivity contribution in [1.29, 1.82) is 0 Å². The van der Waals surface area contributed by atoms with Crippen LogP contribution in [0.15, 0.2) is 12.1 Å². The molecule has 1 heterocycles. The van der Waals surface area contributed by atoms with E-state index in [1.165, 1.54) is 4.88 Å². The van der Waals surface area contributed by atoms with Crippen molar-refractivity contribution in [3.05, 3.63) is 21.9 Å². The summed E-state index contributed by atoms with van der Waals surface area (Å²) in [6, 6.07) is 3.93. The molecule has 18 heavy (non-hydrogen) atoms. The van der Waals surface area contributed by atoms with Gasteiger partial charge in [-0.05, 0) is 39.8 Å². The summed E-state index contributed by atoms with van der Waals surface area (Å²) in [5.74, 6) is 0. The van der Waals surface area contributed by atoms with Gasteiger partial charge in [-0.2, -0.15) is 0 Å². The third-order valence-electron chi connectivity index (χ3n) is 2.30. The standard InChI is InChI=1S/C13H22N2O2S/c1-9-6-7-11(18-9)10(17-5)8-14-12(16)15-13(2,3)4/h6-7,10H,8H2,1-5H3,(H2,14,15,16)/t10-/m1/s1. The Labute approximate surface area is 113 Å². The molecular formula is C13H22N2O2S. The molecule has 5 heteroatoms. The third-order valence-corrected chi connectivity index (χ3v) is 3.39. The van der Waals surface area contributed by atoms with Crippen molar-refractivity contribution in [3.63, 3.8) is 0 Å². The summed E-state index contributed by atoms with van der Waals surface area (Å²) < 4.78 is 5.40. The lowest BCUT2D eigenvalue weighted by atomic mass is 10.1. The summed E-state index contributed by atoms with van der Waals surface area (Å²) in [5, 5.41) is 5.68. The first kappa shape index (κ1) is 15.0. The zero-order valence-corrected chi connectivity index (χ0v) is 12.5. The largest absolute Gasteiger partial charge is 0.374 e. The normalized spacial score (nSPS) is 13.2. The molecule has 0 unspecified atom stereocenters. The molecule has 0 aromatic carbocycles. The maximum absolute atomic E-state index is 11.6. The van der Waals surface area contributed by atoms with Crippen LogP contribution in [0.1, 0.15) is 36.6 Å². The lowest BCUT2D eigenvalue weighted by Crippen LogP contribution is -2.47. The van der Waals surface area contributed by atoms with E-state index in [0.29, 0.717) is 6.54 Å². The number of aryl methyl sites for hydroxylation is 1. The Hall–Kier alpha value is -1.07. The van der Waals surface area contributed by atoms with E-state index in [4.69, 9.17) is 4.74 Å². The summed E-state index contributed by atoms with van der Waals surface area (Å²) in [5.41, 5.74) is -0.230. The SMILES string of the molecule is CO[C@H](CNC(=O)NC(C)(C)C)c1ccc(C)s1. The van der Waals surface area contributed by atoms with Gasteiger partial charge in [-0.25, -0.2) is 4.79 Å². The minimum Gasteiger partial charge on any atom is -0.374 e. The molecule has 1 aromatic heterocycles. The van der Waals surface area contributed by atoms with Crippen molar-refractivity contribution in [2.45, 2.75) is 39.3 Å². The maximum Gasteiger partial charge on any atom is 0.315 e. The Balaban J connectivity index is 2.48. The van der Waals surface area contributed by atoms with E-state index in [2.05, 4.69) is 23.6 Å². The Morgan fingerprint density at radius 1 is 1.44 bits per heavy atom. The van der Waals surface area contributed by atoms with Gasteiger partial charge in [-0.3, -0.25) is 0 Å². The highest BCUT2D eigenvalue weighted by Crippen LogP contribution is 2.24. The van der Waals surface area contributed by atoms with Gasteiger partial charge in [-0.15, -0.1) is 11.3 Å². The second kappa shape index (κ2) is 6.20. The summed E-state index contributed by atoms with van der Waals surface area (Å²) in [6.07, 6.45) is -0.0885. The fourth-order valence-corrected chi connectivity index (χ4v) is 2.45. The monoisotopic (exact) mass is 270 g/mol. The van der Waals surface area contributed by atoms with E-state index in [9.17, 15) is 4.79 Å². The molecule has 102 valence electrons. The van der Waals surface area contributed by atoms with Gasteiger partial charge in [-0.1, -0.05) is 0 Å². The van der Waals surface area contributed by atoms with Gasteiger partial charge in [0.05, 0.1) is 6.54 Å². The van der Waals surface area contributed by atoms with Crippen LogP contribution in [0.5, 0.6) is 0 Å². The lowest BCUT2D eigenvalue weighted by Gasteiger charge is -2.22. The average molecular weight is 270 g/mol. The van der Waals surface area contributed by atoms with Crippen molar-refractivity contribution in [3.8, 4) is 0 Å². The molecule has 0 aliphatic carbocycles. The number of rotatable bonds is 4. The second-order valence-corrected chi connectivity index (χ2v) is 6.58. The van der Waals surface area contributed by atoms with Crippen LogP contribution in [0.2, 0.25) is 0 Å². The first-order chi connectivity index (χ1) is 8.31. The van der Waals surface area contributed by atoms with Gasteiger partial charge in [0.25, 0.3) is 0 Å². The quantitative estimate of drug-likeness (QED) is 0.884. The number of carbonyl (C=O) groups excluding carboxylic acids is 1.